The first-order valence-corrected chi connectivity index (χ1v) is 12.3. The van der Waals surface area contributed by atoms with Gasteiger partial charge in [-0.3, -0.25) is 9.20 Å². The third-order valence-corrected chi connectivity index (χ3v) is 7.24. The Morgan fingerprint density at radius 3 is 2.43 bits per heavy atom. The van der Waals surface area contributed by atoms with E-state index in [-0.39, 0.29) is 5.91 Å². The smallest absolute Gasteiger partial charge is 0.228 e. The monoisotopic (exact) mass is 492 g/mol. The molecule has 0 unspecified atom stereocenters. The normalized spacial score (nSPS) is 13.8. The molecule has 8 nitrogen and oxygen atoms in total. The number of imidazole rings is 1. The second kappa shape index (κ2) is 9.87. The third kappa shape index (κ3) is 4.51. The number of hydrogen-bond donors (Lipinski definition) is 0. The maximum atomic E-state index is 13.1. The molecule has 2 aromatic carbocycles. The Morgan fingerprint density at radius 2 is 1.69 bits per heavy atom. The number of thiazole rings is 1. The number of para-hydroxylation sites is 2. The van der Waals surface area contributed by atoms with Crippen molar-refractivity contribution >= 4 is 27.9 Å². The molecule has 9 heteroatoms. The quantitative estimate of drug-likeness (QED) is 0.389. The molecule has 5 rings (SSSR count). The van der Waals surface area contributed by atoms with E-state index in [1.807, 2.05) is 57.3 Å². The van der Waals surface area contributed by atoms with Crippen LogP contribution in [0.4, 0.5) is 5.69 Å². The van der Waals surface area contributed by atoms with Gasteiger partial charge in [-0.1, -0.05) is 12.1 Å². The Bertz CT molecular complexity index is 1340. The average molecular weight is 493 g/mol. The molecule has 182 valence electrons. The predicted molar refractivity (Wildman–Crippen MR) is 137 cm³/mol. The summed E-state index contributed by atoms with van der Waals surface area (Å²) in [5, 5.41) is 2.02. The minimum atomic E-state index is 0.130. The van der Waals surface area contributed by atoms with E-state index in [4.69, 9.17) is 19.2 Å². The van der Waals surface area contributed by atoms with Crippen LogP contribution in [0.3, 0.4) is 0 Å². The highest BCUT2D eigenvalue weighted by Gasteiger charge is 2.24. The Hall–Kier alpha value is -3.72. The van der Waals surface area contributed by atoms with Crippen LogP contribution < -0.4 is 19.1 Å². The van der Waals surface area contributed by atoms with Crippen LogP contribution in [-0.2, 0) is 11.2 Å². The van der Waals surface area contributed by atoms with Crippen molar-refractivity contribution in [1.29, 1.82) is 0 Å². The second-order valence-electron chi connectivity index (χ2n) is 8.29. The third-order valence-electron chi connectivity index (χ3n) is 6.35. The molecule has 2 aromatic heterocycles. The van der Waals surface area contributed by atoms with Crippen LogP contribution in [0, 0.1) is 0 Å². The highest BCUT2D eigenvalue weighted by Crippen LogP contribution is 2.33. The number of ether oxygens (including phenoxy) is 3. The Morgan fingerprint density at radius 1 is 0.943 bits per heavy atom. The van der Waals surface area contributed by atoms with Gasteiger partial charge in [-0.15, -0.1) is 11.3 Å². The summed E-state index contributed by atoms with van der Waals surface area (Å²) >= 11 is 1.54. The number of carbonyl (C=O) groups is 1. The number of rotatable bonds is 7. The van der Waals surface area contributed by atoms with Gasteiger partial charge >= 0.3 is 0 Å². The van der Waals surface area contributed by atoms with Crippen LogP contribution >= 0.6 is 11.3 Å². The van der Waals surface area contributed by atoms with Crippen LogP contribution in [0.25, 0.3) is 16.2 Å². The van der Waals surface area contributed by atoms with E-state index in [0.29, 0.717) is 31.0 Å². The van der Waals surface area contributed by atoms with E-state index in [1.54, 1.807) is 32.7 Å². The number of methoxy groups -OCH3 is 3. The van der Waals surface area contributed by atoms with E-state index >= 15 is 0 Å². The molecule has 3 heterocycles. The number of fused-ring (bicyclic) bond motifs is 1. The lowest BCUT2D eigenvalue weighted by atomic mass is 10.1. The van der Waals surface area contributed by atoms with E-state index < -0.39 is 0 Å². The van der Waals surface area contributed by atoms with Crippen molar-refractivity contribution in [3.63, 3.8) is 0 Å². The standard InChI is InChI=1S/C26H28N4O4S/c1-32-22-7-5-4-6-21(22)28-10-12-29(13-11-28)25(31)15-19-17-35-26-27-20(16-30(19)26)18-8-9-23(33-2)24(14-18)34-3/h4-9,14,16-17H,10-13,15H2,1-3H3. The van der Waals surface area contributed by atoms with Gasteiger partial charge in [0.2, 0.25) is 5.91 Å². The Kier molecular flexibility index (Phi) is 6.50. The number of carbonyl (C=O) groups excluding carboxylic acids is 1. The molecule has 1 aliphatic rings. The highest BCUT2D eigenvalue weighted by atomic mass is 32.1. The van der Waals surface area contributed by atoms with Crippen LogP contribution in [0.15, 0.2) is 54.0 Å². The van der Waals surface area contributed by atoms with Crippen LogP contribution in [0.1, 0.15) is 5.69 Å². The second-order valence-corrected chi connectivity index (χ2v) is 9.13. The topological polar surface area (TPSA) is 68.5 Å². The fraction of sp³-hybridized carbons (Fsp3) is 0.308. The van der Waals surface area contributed by atoms with Gasteiger partial charge in [-0.05, 0) is 30.3 Å². The summed E-state index contributed by atoms with van der Waals surface area (Å²) in [6.45, 7) is 2.93. The molecular formula is C26H28N4O4S. The minimum absolute atomic E-state index is 0.130. The molecule has 35 heavy (non-hydrogen) atoms. The summed E-state index contributed by atoms with van der Waals surface area (Å²) < 4.78 is 18.3. The molecule has 1 saturated heterocycles. The average Bonchev–Trinajstić information content (AvgIpc) is 3.50. The SMILES string of the molecule is COc1ccc(-c2cn3c(CC(=O)N4CCN(c5ccccc5OC)CC4)csc3n2)cc1OC. The fourth-order valence-electron chi connectivity index (χ4n) is 4.45. The van der Waals surface area contributed by atoms with Gasteiger partial charge in [0.25, 0.3) is 0 Å². The maximum Gasteiger partial charge on any atom is 0.228 e. The van der Waals surface area contributed by atoms with Crippen molar-refractivity contribution < 1.29 is 19.0 Å². The highest BCUT2D eigenvalue weighted by molar-refractivity contribution is 7.15. The molecule has 4 aromatic rings. The fourth-order valence-corrected chi connectivity index (χ4v) is 5.32. The summed E-state index contributed by atoms with van der Waals surface area (Å²) in [7, 11) is 4.92. The number of anilines is 1. The Labute approximate surface area is 208 Å². The van der Waals surface area contributed by atoms with E-state index in [1.165, 1.54) is 0 Å². The molecule has 0 aliphatic carbocycles. The maximum absolute atomic E-state index is 13.1. The van der Waals surface area contributed by atoms with E-state index in [0.717, 1.165) is 46.4 Å². The number of benzene rings is 2. The minimum Gasteiger partial charge on any atom is -0.495 e. The van der Waals surface area contributed by atoms with Crippen molar-refractivity contribution in [2.45, 2.75) is 6.42 Å². The molecule has 1 amide bonds. The lowest BCUT2D eigenvalue weighted by molar-refractivity contribution is -0.130. The van der Waals surface area contributed by atoms with Gasteiger partial charge in [0.05, 0.1) is 39.1 Å². The molecular weight excluding hydrogens is 464 g/mol. The van der Waals surface area contributed by atoms with Gasteiger partial charge < -0.3 is 24.0 Å². The largest absolute Gasteiger partial charge is 0.495 e. The van der Waals surface area contributed by atoms with E-state index in [9.17, 15) is 4.79 Å². The van der Waals surface area contributed by atoms with Gasteiger partial charge in [-0.2, -0.15) is 0 Å². The number of nitrogens with zero attached hydrogens (tertiary/aromatic N) is 4. The molecule has 0 saturated carbocycles. The lowest BCUT2D eigenvalue weighted by Gasteiger charge is -2.36. The van der Waals surface area contributed by atoms with Crippen molar-refractivity contribution in [3.05, 3.63) is 59.7 Å². The molecule has 0 radical (unpaired) electrons. The zero-order valence-corrected chi connectivity index (χ0v) is 20.9. The number of piperazine rings is 1. The summed E-state index contributed by atoms with van der Waals surface area (Å²) in [5.74, 6) is 2.32. The number of hydrogen-bond acceptors (Lipinski definition) is 7. The first kappa shape index (κ1) is 23.0. The van der Waals surface area contributed by atoms with Crippen LogP contribution in [0.2, 0.25) is 0 Å². The molecule has 1 fully saturated rings. The zero-order chi connectivity index (χ0) is 24.4. The molecule has 0 bridgehead atoms. The predicted octanol–water partition coefficient (Wildman–Crippen LogP) is 3.98. The van der Waals surface area contributed by atoms with Crippen LogP contribution in [0.5, 0.6) is 17.2 Å². The molecule has 0 spiro atoms. The van der Waals surface area contributed by atoms with Crippen molar-refractivity contribution in [2.24, 2.45) is 0 Å². The first-order valence-electron chi connectivity index (χ1n) is 11.4. The van der Waals surface area contributed by atoms with Gasteiger partial charge in [0.1, 0.15) is 5.75 Å². The van der Waals surface area contributed by atoms with Gasteiger partial charge in [0.15, 0.2) is 16.5 Å². The van der Waals surface area contributed by atoms with Crippen molar-refractivity contribution in [2.75, 3.05) is 52.4 Å². The van der Waals surface area contributed by atoms with Crippen molar-refractivity contribution in [1.82, 2.24) is 14.3 Å². The van der Waals surface area contributed by atoms with Crippen molar-refractivity contribution in [3.8, 4) is 28.5 Å². The number of amides is 1. The van der Waals surface area contributed by atoms with E-state index in [2.05, 4.69) is 11.0 Å². The molecule has 0 atom stereocenters. The van der Waals surface area contributed by atoms with Crippen LogP contribution in [-0.4, -0.2) is 67.7 Å². The molecule has 0 N–H and O–H groups in total. The lowest BCUT2D eigenvalue weighted by Crippen LogP contribution is -2.49. The molecule has 1 aliphatic heterocycles. The van der Waals surface area contributed by atoms with Gasteiger partial charge in [0, 0.05) is 49.0 Å². The first-order chi connectivity index (χ1) is 17.1. The zero-order valence-electron chi connectivity index (χ0n) is 20.1. The summed E-state index contributed by atoms with van der Waals surface area (Å²) in [5.41, 5.74) is 3.78. The Balaban J connectivity index is 1.27. The number of aromatic nitrogens is 2. The summed E-state index contributed by atoms with van der Waals surface area (Å²) in [6, 6.07) is 13.8. The van der Waals surface area contributed by atoms with Gasteiger partial charge in [-0.25, -0.2) is 4.98 Å². The summed E-state index contributed by atoms with van der Waals surface area (Å²) in [4.78, 5) is 23.0. The summed E-state index contributed by atoms with van der Waals surface area (Å²) in [6.07, 6.45) is 2.33.